The number of hydrogen-bond acceptors (Lipinski definition) is 5. The van der Waals surface area contributed by atoms with Gasteiger partial charge in [0.2, 0.25) is 5.91 Å². The Bertz CT molecular complexity index is 689. The van der Waals surface area contributed by atoms with Gasteiger partial charge in [0.15, 0.2) is 5.82 Å². The fourth-order valence-electron chi connectivity index (χ4n) is 2.01. The molecule has 0 aliphatic heterocycles. The van der Waals surface area contributed by atoms with Crippen LogP contribution in [0.4, 0.5) is 5.69 Å². The van der Waals surface area contributed by atoms with Gasteiger partial charge < -0.3 is 15.6 Å². The molecule has 1 aliphatic rings. The first-order chi connectivity index (χ1) is 10.0. The molecule has 110 valence electrons. The molecule has 1 saturated carbocycles. The van der Waals surface area contributed by atoms with Crippen LogP contribution in [0.25, 0.3) is 11.5 Å². The van der Waals surface area contributed by atoms with Gasteiger partial charge in [-0.25, -0.2) is 0 Å². The molecule has 0 unspecified atom stereocenters. The molecule has 1 aliphatic carbocycles. The average Bonchev–Trinajstić information content (AvgIpc) is 3.05. The van der Waals surface area contributed by atoms with E-state index in [-0.39, 0.29) is 5.91 Å². The SMILES string of the molecule is CCc1noc(-c2ccc(C)c(NC(=O)C3(N)CC3)c2)n1. The van der Waals surface area contributed by atoms with Crippen molar-refractivity contribution in [3.63, 3.8) is 0 Å². The standard InChI is InChI=1S/C15H18N4O2/c1-3-12-18-13(21-19-12)10-5-4-9(2)11(8-10)17-14(20)15(16)6-7-15/h4-5,8H,3,6-7,16H2,1-2H3,(H,17,20). The van der Waals surface area contributed by atoms with Crippen LogP contribution in [0.2, 0.25) is 0 Å². The summed E-state index contributed by atoms with van der Waals surface area (Å²) >= 11 is 0. The number of nitrogens with two attached hydrogens (primary N) is 1. The van der Waals surface area contributed by atoms with Gasteiger partial charge >= 0.3 is 0 Å². The van der Waals surface area contributed by atoms with Crippen molar-refractivity contribution in [3.05, 3.63) is 29.6 Å². The number of aromatic nitrogens is 2. The summed E-state index contributed by atoms with van der Waals surface area (Å²) in [5, 5.41) is 6.77. The predicted molar refractivity (Wildman–Crippen MR) is 78.6 cm³/mol. The van der Waals surface area contributed by atoms with Crippen LogP contribution < -0.4 is 11.1 Å². The van der Waals surface area contributed by atoms with Gasteiger partial charge in [-0.1, -0.05) is 18.1 Å². The molecule has 3 rings (SSSR count). The monoisotopic (exact) mass is 286 g/mol. The first-order valence-corrected chi connectivity index (χ1v) is 7.06. The van der Waals surface area contributed by atoms with Crippen molar-refractivity contribution in [1.29, 1.82) is 0 Å². The van der Waals surface area contributed by atoms with Gasteiger partial charge in [0.05, 0.1) is 5.54 Å². The number of rotatable bonds is 4. The summed E-state index contributed by atoms with van der Waals surface area (Å²) in [6, 6.07) is 5.65. The van der Waals surface area contributed by atoms with Crippen LogP contribution in [0.5, 0.6) is 0 Å². The number of nitrogens with one attached hydrogen (secondary N) is 1. The molecule has 0 saturated heterocycles. The van der Waals surface area contributed by atoms with Crippen LogP contribution in [-0.4, -0.2) is 21.6 Å². The minimum atomic E-state index is -0.692. The molecule has 0 spiro atoms. The lowest BCUT2D eigenvalue weighted by Crippen LogP contribution is -2.38. The Kier molecular flexibility index (Phi) is 3.25. The number of anilines is 1. The Hall–Kier alpha value is -2.21. The third-order valence-corrected chi connectivity index (χ3v) is 3.76. The Labute approximate surface area is 122 Å². The molecule has 21 heavy (non-hydrogen) atoms. The number of amides is 1. The van der Waals surface area contributed by atoms with E-state index in [1.54, 1.807) is 0 Å². The predicted octanol–water partition coefficient (Wildman–Crippen LogP) is 2.04. The lowest BCUT2D eigenvalue weighted by atomic mass is 10.1. The van der Waals surface area contributed by atoms with Gasteiger partial charge in [-0.2, -0.15) is 4.98 Å². The summed E-state index contributed by atoms with van der Waals surface area (Å²) in [4.78, 5) is 16.4. The first-order valence-electron chi connectivity index (χ1n) is 7.06. The van der Waals surface area contributed by atoms with Crippen LogP contribution in [-0.2, 0) is 11.2 Å². The largest absolute Gasteiger partial charge is 0.334 e. The highest BCUT2D eigenvalue weighted by atomic mass is 16.5. The number of carbonyl (C=O) groups is 1. The molecule has 2 aromatic rings. The Morgan fingerprint density at radius 1 is 1.48 bits per heavy atom. The molecule has 0 radical (unpaired) electrons. The van der Waals surface area contributed by atoms with E-state index in [2.05, 4.69) is 15.5 Å². The average molecular weight is 286 g/mol. The molecule has 1 amide bonds. The summed E-state index contributed by atoms with van der Waals surface area (Å²) in [5.41, 5.74) is 7.69. The third-order valence-electron chi connectivity index (χ3n) is 3.76. The second-order valence-electron chi connectivity index (χ2n) is 5.51. The maximum absolute atomic E-state index is 12.1. The zero-order valence-electron chi connectivity index (χ0n) is 12.1. The molecular weight excluding hydrogens is 268 g/mol. The third kappa shape index (κ3) is 2.67. The Balaban J connectivity index is 1.87. The van der Waals surface area contributed by atoms with Gasteiger partial charge in [-0.3, -0.25) is 4.79 Å². The van der Waals surface area contributed by atoms with E-state index in [1.165, 1.54) is 0 Å². The summed E-state index contributed by atoms with van der Waals surface area (Å²) in [6.07, 6.45) is 2.19. The molecule has 3 N–H and O–H groups in total. The first kappa shape index (κ1) is 13.8. The lowest BCUT2D eigenvalue weighted by molar-refractivity contribution is -0.118. The second kappa shape index (κ2) is 4.96. The summed E-state index contributed by atoms with van der Waals surface area (Å²) < 4.78 is 5.22. The van der Waals surface area contributed by atoms with Crippen LogP contribution in [0.1, 0.15) is 31.2 Å². The number of benzene rings is 1. The van der Waals surface area contributed by atoms with Crippen molar-refractivity contribution in [2.45, 2.75) is 38.6 Å². The minimum Gasteiger partial charge on any atom is -0.334 e. The van der Waals surface area contributed by atoms with E-state index >= 15 is 0 Å². The van der Waals surface area contributed by atoms with Gasteiger partial charge in [-0.05, 0) is 37.5 Å². The van der Waals surface area contributed by atoms with E-state index in [0.29, 0.717) is 18.1 Å². The van der Waals surface area contributed by atoms with Gasteiger partial charge in [0.1, 0.15) is 0 Å². The van der Waals surface area contributed by atoms with Crippen molar-refractivity contribution >= 4 is 11.6 Å². The zero-order valence-corrected chi connectivity index (χ0v) is 12.1. The Morgan fingerprint density at radius 3 is 2.86 bits per heavy atom. The highest BCUT2D eigenvalue weighted by Gasteiger charge is 2.46. The molecule has 1 fully saturated rings. The summed E-state index contributed by atoms with van der Waals surface area (Å²) in [6.45, 7) is 3.90. The van der Waals surface area contributed by atoms with Crippen LogP contribution >= 0.6 is 0 Å². The van der Waals surface area contributed by atoms with Crippen LogP contribution in [0.15, 0.2) is 22.7 Å². The Morgan fingerprint density at radius 2 is 2.24 bits per heavy atom. The van der Waals surface area contributed by atoms with Crippen molar-refractivity contribution < 1.29 is 9.32 Å². The number of aryl methyl sites for hydroxylation is 2. The highest BCUT2D eigenvalue weighted by Crippen LogP contribution is 2.34. The van der Waals surface area contributed by atoms with Crippen molar-refractivity contribution in [2.24, 2.45) is 5.73 Å². The van der Waals surface area contributed by atoms with Gasteiger partial charge in [-0.15, -0.1) is 0 Å². The minimum absolute atomic E-state index is 0.137. The molecule has 1 aromatic carbocycles. The van der Waals surface area contributed by atoms with E-state index in [9.17, 15) is 4.79 Å². The van der Waals surface area contributed by atoms with Crippen molar-refractivity contribution in [3.8, 4) is 11.5 Å². The molecule has 6 nitrogen and oxygen atoms in total. The lowest BCUT2D eigenvalue weighted by Gasteiger charge is -2.12. The quantitative estimate of drug-likeness (QED) is 0.897. The van der Waals surface area contributed by atoms with E-state index in [4.69, 9.17) is 10.3 Å². The van der Waals surface area contributed by atoms with Crippen LogP contribution in [0, 0.1) is 6.92 Å². The zero-order chi connectivity index (χ0) is 15.0. The molecule has 0 atom stereocenters. The fourth-order valence-corrected chi connectivity index (χ4v) is 2.01. The molecule has 1 heterocycles. The number of nitrogens with zero attached hydrogens (tertiary/aromatic N) is 2. The normalized spacial score (nSPS) is 15.8. The smallest absolute Gasteiger partial charge is 0.257 e. The molecule has 6 heteroatoms. The summed E-state index contributed by atoms with van der Waals surface area (Å²) in [5.74, 6) is 0.980. The molecule has 0 bridgehead atoms. The van der Waals surface area contributed by atoms with E-state index < -0.39 is 5.54 Å². The van der Waals surface area contributed by atoms with Crippen molar-refractivity contribution in [2.75, 3.05) is 5.32 Å². The van der Waals surface area contributed by atoms with Gasteiger partial charge in [0.25, 0.3) is 5.89 Å². The van der Waals surface area contributed by atoms with Gasteiger partial charge in [0, 0.05) is 17.7 Å². The molecular formula is C15H18N4O2. The number of hydrogen-bond donors (Lipinski definition) is 2. The maximum atomic E-state index is 12.1. The molecule has 1 aromatic heterocycles. The summed E-state index contributed by atoms with van der Waals surface area (Å²) in [7, 11) is 0. The van der Waals surface area contributed by atoms with E-state index in [1.807, 2.05) is 32.0 Å². The van der Waals surface area contributed by atoms with E-state index in [0.717, 1.165) is 29.7 Å². The fraction of sp³-hybridized carbons (Fsp3) is 0.400. The van der Waals surface area contributed by atoms with Crippen LogP contribution in [0.3, 0.4) is 0 Å². The highest BCUT2D eigenvalue weighted by molar-refractivity contribution is 6.00. The maximum Gasteiger partial charge on any atom is 0.257 e. The number of carbonyl (C=O) groups excluding carboxylic acids is 1. The topological polar surface area (TPSA) is 94.0 Å². The van der Waals surface area contributed by atoms with Crippen molar-refractivity contribution in [1.82, 2.24) is 10.1 Å². The second-order valence-corrected chi connectivity index (χ2v) is 5.51.